The van der Waals surface area contributed by atoms with E-state index < -0.39 is 11.7 Å². The average Bonchev–Trinajstić information content (AvgIpc) is 2.52. The zero-order valence-electron chi connectivity index (χ0n) is 14.8. The summed E-state index contributed by atoms with van der Waals surface area (Å²) in [6, 6.07) is 1.76. The maximum Gasteiger partial charge on any atom is 0.410 e. The van der Waals surface area contributed by atoms with Crippen molar-refractivity contribution in [2.45, 2.75) is 46.5 Å². The van der Waals surface area contributed by atoms with Crippen LogP contribution < -0.4 is 10.9 Å². The summed E-state index contributed by atoms with van der Waals surface area (Å²) in [5, 5.41) is 2.44. The fourth-order valence-corrected chi connectivity index (χ4v) is 2.22. The van der Waals surface area contributed by atoms with E-state index in [0.29, 0.717) is 17.7 Å². The Bertz CT molecular complexity index is 672. The predicted octanol–water partition coefficient (Wildman–Crippen LogP) is 3.54. The van der Waals surface area contributed by atoms with Crippen LogP contribution in [0.3, 0.4) is 0 Å². The van der Waals surface area contributed by atoms with Crippen LogP contribution in [0.15, 0.2) is 27.6 Å². The molecule has 0 spiro atoms. The molecule has 6 heteroatoms. The molecule has 0 aromatic carbocycles. The minimum Gasteiger partial charge on any atom is -0.453 e. The molecule has 132 valence electrons. The average molecular weight is 335 g/mol. The first-order valence-electron chi connectivity index (χ1n) is 7.96. The number of rotatable bonds is 7. The molecule has 1 atom stereocenters. The van der Waals surface area contributed by atoms with Crippen LogP contribution in [0.4, 0.5) is 4.79 Å². The molecule has 1 rings (SSSR count). The first-order valence-corrected chi connectivity index (χ1v) is 7.96. The van der Waals surface area contributed by atoms with Crippen LogP contribution >= 0.6 is 0 Å². The number of ether oxygens (including phenoxy) is 1. The standard InChI is InChI=1S/C18H25NO5/c1-11(2)16(20)15-13(4)10-14(24-17(15)21)12(3)8-6-7-9-19-18(22)23-5/h7,9-12H,6,8H2,1-5H3,(H,19,22)/b9-7+. The van der Waals surface area contributed by atoms with Crippen molar-refractivity contribution in [2.24, 2.45) is 5.92 Å². The van der Waals surface area contributed by atoms with E-state index in [1.54, 1.807) is 32.9 Å². The number of aryl methyl sites for hydroxylation is 1. The number of allylic oxidation sites excluding steroid dienone is 1. The Morgan fingerprint density at radius 3 is 2.54 bits per heavy atom. The van der Waals surface area contributed by atoms with Crippen molar-refractivity contribution >= 4 is 11.9 Å². The van der Waals surface area contributed by atoms with Gasteiger partial charge in [-0.05, 0) is 31.4 Å². The zero-order chi connectivity index (χ0) is 18.3. The van der Waals surface area contributed by atoms with Gasteiger partial charge in [-0.25, -0.2) is 9.59 Å². The summed E-state index contributed by atoms with van der Waals surface area (Å²) in [5.74, 6) is 0.133. The van der Waals surface area contributed by atoms with Crippen molar-refractivity contribution in [2.75, 3.05) is 7.11 Å². The smallest absolute Gasteiger partial charge is 0.410 e. The van der Waals surface area contributed by atoms with E-state index in [2.05, 4.69) is 10.1 Å². The number of hydrogen-bond acceptors (Lipinski definition) is 5. The monoisotopic (exact) mass is 335 g/mol. The van der Waals surface area contributed by atoms with Crippen LogP contribution in [-0.4, -0.2) is 19.0 Å². The summed E-state index contributed by atoms with van der Waals surface area (Å²) in [5.41, 5.74) is 0.219. The molecule has 6 nitrogen and oxygen atoms in total. The lowest BCUT2D eigenvalue weighted by atomic mass is 9.96. The molecule has 24 heavy (non-hydrogen) atoms. The third-order valence-corrected chi connectivity index (χ3v) is 3.70. The molecular weight excluding hydrogens is 310 g/mol. The Morgan fingerprint density at radius 1 is 1.33 bits per heavy atom. The number of carbonyl (C=O) groups excluding carboxylic acids is 2. The molecule has 0 radical (unpaired) electrons. The maximum absolute atomic E-state index is 12.1. The second-order valence-corrected chi connectivity index (χ2v) is 6.03. The van der Waals surface area contributed by atoms with Gasteiger partial charge in [0.15, 0.2) is 5.78 Å². The summed E-state index contributed by atoms with van der Waals surface area (Å²) in [6.07, 6.45) is 4.23. The SMILES string of the molecule is COC(=O)N/C=C/CCC(C)c1cc(C)c(C(=O)C(C)C)c(=O)o1. The molecule has 1 amide bonds. The Balaban J connectivity index is 2.76. The molecule has 0 fully saturated rings. The lowest BCUT2D eigenvalue weighted by molar-refractivity contribution is 0.0934. The van der Waals surface area contributed by atoms with E-state index in [1.807, 2.05) is 6.92 Å². The molecule has 1 N–H and O–H groups in total. The van der Waals surface area contributed by atoms with Gasteiger partial charge in [-0.3, -0.25) is 10.1 Å². The number of amides is 1. The van der Waals surface area contributed by atoms with Gasteiger partial charge in [0.1, 0.15) is 11.3 Å². The van der Waals surface area contributed by atoms with Gasteiger partial charge in [0.2, 0.25) is 0 Å². The Labute approximate surface area is 141 Å². The fourth-order valence-electron chi connectivity index (χ4n) is 2.22. The second kappa shape index (κ2) is 9.05. The Hall–Kier alpha value is -2.37. The molecule has 1 aromatic heterocycles. The van der Waals surface area contributed by atoms with Crippen LogP contribution in [0, 0.1) is 12.8 Å². The molecule has 0 aliphatic heterocycles. The first-order chi connectivity index (χ1) is 11.3. The number of nitrogens with one attached hydrogen (secondary N) is 1. The Kier molecular flexibility index (Phi) is 7.42. The van der Waals surface area contributed by atoms with Gasteiger partial charge < -0.3 is 9.15 Å². The van der Waals surface area contributed by atoms with Gasteiger partial charge in [-0.15, -0.1) is 0 Å². The largest absolute Gasteiger partial charge is 0.453 e. The summed E-state index contributed by atoms with van der Waals surface area (Å²) in [4.78, 5) is 35.1. The highest BCUT2D eigenvalue weighted by Crippen LogP contribution is 2.22. The normalized spacial score (nSPS) is 12.4. The summed E-state index contributed by atoms with van der Waals surface area (Å²) >= 11 is 0. The molecule has 0 saturated carbocycles. The molecule has 1 heterocycles. The summed E-state index contributed by atoms with van der Waals surface area (Å²) in [6.45, 7) is 7.21. The van der Waals surface area contributed by atoms with E-state index >= 15 is 0 Å². The first kappa shape index (κ1) is 19.7. The van der Waals surface area contributed by atoms with Crippen molar-refractivity contribution in [1.29, 1.82) is 0 Å². The predicted molar refractivity (Wildman–Crippen MR) is 91.2 cm³/mol. The number of alkyl carbamates (subject to hydrolysis) is 1. The fraction of sp³-hybridized carbons (Fsp3) is 0.500. The maximum atomic E-state index is 12.1. The number of Topliss-reactive ketones (excluding diaryl/α,β-unsaturated/α-hetero) is 1. The second-order valence-electron chi connectivity index (χ2n) is 6.03. The van der Waals surface area contributed by atoms with Crippen LogP contribution in [0.2, 0.25) is 0 Å². The number of carbonyl (C=O) groups is 2. The highest BCUT2D eigenvalue weighted by atomic mass is 16.5. The van der Waals surface area contributed by atoms with Crippen LogP contribution in [0.5, 0.6) is 0 Å². The molecule has 1 aromatic rings. The van der Waals surface area contributed by atoms with Crippen molar-refractivity contribution in [3.63, 3.8) is 0 Å². The van der Waals surface area contributed by atoms with E-state index in [0.717, 1.165) is 6.42 Å². The molecule has 0 bridgehead atoms. The van der Waals surface area contributed by atoms with Crippen molar-refractivity contribution in [1.82, 2.24) is 5.32 Å². The highest BCUT2D eigenvalue weighted by molar-refractivity contribution is 5.98. The Morgan fingerprint density at radius 2 is 2.00 bits per heavy atom. The molecular formula is C18H25NO5. The minimum absolute atomic E-state index is 0.0161. The topological polar surface area (TPSA) is 85.6 Å². The van der Waals surface area contributed by atoms with Gasteiger partial charge in [0.05, 0.1) is 7.11 Å². The third kappa shape index (κ3) is 5.37. The van der Waals surface area contributed by atoms with E-state index in [1.165, 1.54) is 13.3 Å². The number of methoxy groups -OCH3 is 1. The summed E-state index contributed by atoms with van der Waals surface area (Å²) < 4.78 is 9.79. The van der Waals surface area contributed by atoms with Crippen molar-refractivity contribution in [3.8, 4) is 0 Å². The lowest BCUT2D eigenvalue weighted by Crippen LogP contribution is -2.21. The zero-order valence-corrected chi connectivity index (χ0v) is 14.8. The van der Waals surface area contributed by atoms with E-state index in [-0.39, 0.29) is 23.2 Å². The number of ketones is 1. The summed E-state index contributed by atoms with van der Waals surface area (Å²) in [7, 11) is 1.29. The quantitative estimate of drug-likeness (QED) is 0.770. The molecule has 0 saturated heterocycles. The highest BCUT2D eigenvalue weighted by Gasteiger charge is 2.20. The molecule has 0 aliphatic rings. The van der Waals surface area contributed by atoms with Gasteiger partial charge in [-0.1, -0.05) is 26.8 Å². The van der Waals surface area contributed by atoms with E-state index in [4.69, 9.17) is 4.42 Å². The number of hydrogen-bond donors (Lipinski definition) is 1. The lowest BCUT2D eigenvalue weighted by Gasteiger charge is -2.12. The van der Waals surface area contributed by atoms with Crippen LogP contribution in [0.25, 0.3) is 0 Å². The van der Waals surface area contributed by atoms with Crippen LogP contribution in [-0.2, 0) is 4.74 Å². The van der Waals surface area contributed by atoms with Gasteiger partial charge in [0, 0.05) is 18.0 Å². The minimum atomic E-state index is -0.571. The molecule has 0 aliphatic carbocycles. The molecule has 1 unspecified atom stereocenters. The van der Waals surface area contributed by atoms with Gasteiger partial charge in [0.25, 0.3) is 0 Å². The third-order valence-electron chi connectivity index (χ3n) is 3.70. The van der Waals surface area contributed by atoms with Crippen molar-refractivity contribution in [3.05, 3.63) is 45.6 Å². The van der Waals surface area contributed by atoms with Crippen LogP contribution in [0.1, 0.15) is 61.2 Å². The van der Waals surface area contributed by atoms with Crippen molar-refractivity contribution < 1.29 is 18.7 Å². The van der Waals surface area contributed by atoms with Gasteiger partial charge >= 0.3 is 11.7 Å². The van der Waals surface area contributed by atoms with Gasteiger partial charge in [-0.2, -0.15) is 0 Å². The van der Waals surface area contributed by atoms with E-state index in [9.17, 15) is 14.4 Å².